The Labute approximate surface area is 220 Å². The van der Waals surface area contributed by atoms with E-state index in [1.807, 2.05) is 36.5 Å². The molecule has 5 nitrogen and oxygen atoms in total. The molecule has 0 spiro atoms. The van der Waals surface area contributed by atoms with E-state index in [0.717, 1.165) is 51.4 Å². The number of carbonyl (C=O) groups excluding carboxylic acids is 2. The summed E-state index contributed by atoms with van der Waals surface area (Å²) in [5.74, 6) is -0.647. The standard InChI is InChI=1S/C31H52O5/c1-3-5-7-9-11-13-14-15-16-18-19-21-23-25-30(33)35-28-29(27-32)36-31(34)26-24-22-20-17-12-10-8-6-4-2/h5,7,9,11,13-16,29,32H,3-4,6,8,10,12,17-28H2,1-2H3/b7-5+,11-9+,14-13+,16-15+. The molecule has 0 aromatic heterocycles. The van der Waals surface area contributed by atoms with Gasteiger partial charge in [-0.1, -0.05) is 120 Å². The Bertz CT molecular complexity index is 633. The van der Waals surface area contributed by atoms with Gasteiger partial charge in [0, 0.05) is 12.8 Å². The van der Waals surface area contributed by atoms with Gasteiger partial charge in [-0.3, -0.25) is 9.59 Å². The maximum absolute atomic E-state index is 12.0. The third-order valence-corrected chi connectivity index (χ3v) is 5.73. The minimum absolute atomic E-state index is 0.0867. The molecule has 0 amide bonds. The van der Waals surface area contributed by atoms with E-state index in [1.54, 1.807) is 0 Å². The average Bonchev–Trinajstić information content (AvgIpc) is 2.88. The Kier molecular flexibility index (Phi) is 25.8. The van der Waals surface area contributed by atoms with Crippen LogP contribution < -0.4 is 0 Å². The highest BCUT2D eigenvalue weighted by Crippen LogP contribution is 2.11. The van der Waals surface area contributed by atoms with Crippen molar-refractivity contribution in [3.8, 4) is 0 Å². The Morgan fingerprint density at radius 1 is 0.667 bits per heavy atom. The first-order valence-electron chi connectivity index (χ1n) is 14.2. The van der Waals surface area contributed by atoms with Crippen LogP contribution in [0.5, 0.6) is 0 Å². The number of esters is 2. The zero-order valence-corrected chi connectivity index (χ0v) is 23.0. The lowest BCUT2D eigenvalue weighted by Crippen LogP contribution is -2.28. The van der Waals surface area contributed by atoms with Gasteiger partial charge in [0.2, 0.25) is 0 Å². The van der Waals surface area contributed by atoms with E-state index in [2.05, 4.69) is 26.0 Å². The van der Waals surface area contributed by atoms with Crippen LogP contribution in [-0.2, 0) is 19.1 Å². The second-order valence-corrected chi connectivity index (χ2v) is 9.19. The van der Waals surface area contributed by atoms with Crippen LogP contribution in [-0.4, -0.2) is 36.4 Å². The largest absolute Gasteiger partial charge is 0.462 e. The predicted molar refractivity (Wildman–Crippen MR) is 150 cm³/mol. The zero-order chi connectivity index (χ0) is 26.5. The van der Waals surface area contributed by atoms with Crippen LogP contribution in [0, 0.1) is 0 Å². The number of allylic oxidation sites excluding steroid dienone is 8. The van der Waals surface area contributed by atoms with Gasteiger partial charge in [-0.2, -0.15) is 0 Å². The number of hydrogen-bond donors (Lipinski definition) is 1. The van der Waals surface area contributed by atoms with Crippen molar-refractivity contribution in [1.29, 1.82) is 0 Å². The molecule has 0 aliphatic carbocycles. The molecular formula is C31H52O5. The average molecular weight is 505 g/mol. The summed E-state index contributed by atoms with van der Waals surface area (Å²) in [4.78, 5) is 23.9. The fraction of sp³-hybridized carbons (Fsp3) is 0.677. The highest BCUT2D eigenvalue weighted by molar-refractivity contribution is 5.70. The van der Waals surface area contributed by atoms with Crippen molar-refractivity contribution in [1.82, 2.24) is 0 Å². The Balaban J connectivity index is 3.73. The molecule has 0 bridgehead atoms. The van der Waals surface area contributed by atoms with Crippen molar-refractivity contribution >= 4 is 11.9 Å². The molecule has 0 radical (unpaired) electrons. The summed E-state index contributed by atoms with van der Waals surface area (Å²) in [6.45, 7) is 3.90. The van der Waals surface area contributed by atoms with Crippen LogP contribution >= 0.6 is 0 Å². The fourth-order valence-corrected chi connectivity index (χ4v) is 3.56. The molecule has 1 N–H and O–H groups in total. The van der Waals surface area contributed by atoms with Gasteiger partial charge in [0.05, 0.1) is 6.61 Å². The van der Waals surface area contributed by atoms with E-state index in [0.29, 0.717) is 12.8 Å². The van der Waals surface area contributed by atoms with Crippen molar-refractivity contribution in [3.63, 3.8) is 0 Å². The number of rotatable bonds is 24. The molecule has 1 atom stereocenters. The van der Waals surface area contributed by atoms with Crippen LogP contribution in [0.25, 0.3) is 0 Å². The van der Waals surface area contributed by atoms with Gasteiger partial charge in [-0.15, -0.1) is 0 Å². The molecular weight excluding hydrogens is 452 g/mol. The van der Waals surface area contributed by atoms with Crippen molar-refractivity contribution in [2.24, 2.45) is 0 Å². The monoisotopic (exact) mass is 504 g/mol. The van der Waals surface area contributed by atoms with Crippen molar-refractivity contribution in [2.75, 3.05) is 13.2 Å². The molecule has 206 valence electrons. The molecule has 1 unspecified atom stereocenters. The quantitative estimate of drug-likeness (QED) is 0.0820. The SMILES string of the molecule is CC/C=C/C=C/C=C/C=C/CCCCCC(=O)OCC(CO)OC(=O)CCCCCCCCCCC. The third kappa shape index (κ3) is 25.0. The second-order valence-electron chi connectivity index (χ2n) is 9.19. The van der Waals surface area contributed by atoms with Crippen molar-refractivity contribution < 1.29 is 24.2 Å². The number of aliphatic hydroxyl groups excluding tert-OH is 1. The minimum Gasteiger partial charge on any atom is -0.462 e. The van der Waals surface area contributed by atoms with E-state index in [-0.39, 0.29) is 25.2 Å². The lowest BCUT2D eigenvalue weighted by atomic mass is 10.1. The van der Waals surface area contributed by atoms with E-state index in [4.69, 9.17) is 9.47 Å². The van der Waals surface area contributed by atoms with Gasteiger partial charge < -0.3 is 14.6 Å². The number of hydrogen-bond acceptors (Lipinski definition) is 5. The van der Waals surface area contributed by atoms with Gasteiger partial charge in [-0.25, -0.2) is 0 Å². The summed E-state index contributed by atoms with van der Waals surface area (Å²) < 4.78 is 10.4. The second kappa shape index (κ2) is 27.4. The predicted octanol–water partition coefficient (Wildman–Crippen LogP) is 7.94. The number of carbonyl (C=O) groups is 2. The maximum atomic E-state index is 12.0. The fourth-order valence-electron chi connectivity index (χ4n) is 3.56. The van der Waals surface area contributed by atoms with Gasteiger partial charge in [0.25, 0.3) is 0 Å². The first kappa shape index (κ1) is 33.9. The molecule has 0 heterocycles. The van der Waals surface area contributed by atoms with Gasteiger partial charge in [0.1, 0.15) is 6.61 Å². The number of ether oxygens (including phenoxy) is 2. The Morgan fingerprint density at radius 2 is 1.19 bits per heavy atom. The smallest absolute Gasteiger partial charge is 0.306 e. The van der Waals surface area contributed by atoms with E-state index in [9.17, 15) is 14.7 Å². The van der Waals surface area contributed by atoms with Gasteiger partial charge >= 0.3 is 11.9 Å². The highest BCUT2D eigenvalue weighted by Gasteiger charge is 2.16. The summed E-state index contributed by atoms with van der Waals surface area (Å²) in [6.07, 6.45) is 31.6. The Hall–Kier alpha value is -2.14. The van der Waals surface area contributed by atoms with Crippen molar-refractivity contribution in [3.05, 3.63) is 48.6 Å². The summed E-state index contributed by atoms with van der Waals surface area (Å²) in [6, 6.07) is 0. The molecule has 0 aromatic carbocycles. The normalized spacial score (nSPS) is 12.9. The van der Waals surface area contributed by atoms with E-state index >= 15 is 0 Å². The number of unbranched alkanes of at least 4 members (excludes halogenated alkanes) is 11. The van der Waals surface area contributed by atoms with Crippen molar-refractivity contribution in [2.45, 2.75) is 123 Å². The molecule has 5 heteroatoms. The van der Waals surface area contributed by atoms with Gasteiger partial charge in [-0.05, 0) is 32.1 Å². The van der Waals surface area contributed by atoms with Crippen LogP contribution in [0.1, 0.15) is 117 Å². The first-order chi connectivity index (χ1) is 17.6. The maximum Gasteiger partial charge on any atom is 0.306 e. The Morgan fingerprint density at radius 3 is 1.81 bits per heavy atom. The summed E-state index contributed by atoms with van der Waals surface area (Å²) in [5.41, 5.74) is 0. The molecule has 0 rings (SSSR count). The molecule has 0 aliphatic heterocycles. The van der Waals surface area contributed by atoms with E-state index in [1.165, 1.54) is 38.5 Å². The molecule has 0 saturated heterocycles. The van der Waals surface area contributed by atoms with Gasteiger partial charge in [0.15, 0.2) is 6.10 Å². The van der Waals surface area contributed by atoms with Crippen LogP contribution in [0.15, 0.2) is 48.6 Å². The minimum atomic E-state index is -0.782. The lowest BCUT2D eigenvalue weighted by Gasteiger charge is -2.15. The van der Waals surface area contributed by atoms with Crippen LogP contribution in [0.3, 0.4) is 0 Å². The van der Waals surface area contributed by atoms with Crippen LogP contribution in [0.2, 0.25) is 0 Å². The topological polar surface area (TPSA) is 72.8 Å². The summed E-state index contributed by atoms with van der Waals surface area (Å²) >= 11 is 0. The first-order valence-corrected chi connectivity index (χ1v) is 14.2. The molecule has 0 fully saturated rings. The van der Waals surface area contributed by atoms with Crippen LogP contribution in [0.4, 0.5) is 0 Å². The lowest BCUT2D eigenvalue weighted by molar-refractivity contribution is -0.161. The molecule has 0 aromatic rings. The summed E-state index contributed by atoms with van der Waals surface area (Å²) in [7, 11) is 0. The highest BCUT2D eigenvalue weighted by atomic mass is 16.6. The molecule has 36 heavy (non-hydrogen) atoms. The molecule has 0 saturated carbocycles. The molecule has 0 aliphatic rings. The summed E-state index contributed by atoms with van der Waals surface area (Å²) in [5, 5.41) is 9.43. The third-order valence-electron chi connectivity index (χ3n) is 5.73. The van der Waals surface area contributed by atoms with E-state index < -0.39 is 6.10 Å². The zero-order valence-electron chi connectivity index (χ0n) is 23.0. The number of aliphatic hydroxyl groups is 1.